The standard InChI is InChI=1S/C27H23ClN2O5S2/c1-3-34-22-14-17(13-21(28)25(22)35-16-24(31)29-18-7-5-4-6-8-18)15-23-26(32)30(27(36)37-23)19-9-11-20(33-2)12-10-19/h4-15H,3,16H2,1-2H3,(H,29,31)/b23-15-. The lowest BCUT2D eigenvalue weighted by Gasteiger charge is -2.15. The van der Waals surface area contributed by atoms with Gasteiger partial charge in [-0.25, -0.2) is 0 Å². The summed E-state index contributed by atoms with van der Waals surface area (Å²) in [6.07, 6.45) is 1.70. The van der Waals surface area contributed by atoms with E-state index in [0.717, 1.165) is 0 Å². The number of carbonyl (C=O) groups excluding carboxylic acids is 2. The number of thioether (sulfide) groups is 1. The van der Waals surface area contributed by atoms with Gasteiger partial charge in [-0.05, 0) is 67.1 Å². The van der Waals surface area contributed by atoms with Crippen molar-refractivity contribution in [3.05, 3.63) is 82.2 Å². The maximum absolute atomic E-state index is 13.1. The Labute approximate surface area is 229 Å². The van der Waals surface area contributed by atoms with Crippen LogP contribution in [0, 0.1) is 0 Å². The van der Waals surface area contributed by atoms with Gasteiger partial charge in [-0.1, -0.05) is 53.8 Å². The van der Waals surface area contributed by atoms with Crippen molar-refractivity contribution >= 4 is 69.2 Å². The number of nitrogens with zero attached hydrogens (tertiary/aromatic N) is 1. The van der Waals surface area contributed by atoms with Crippen LogP contribution in [0.25, 0.3) is 6.08 Å². The number of ether oxygens (including phenoxy) is 3. The van der Waals surface area contributed by atoms with Crippen molar-refractivity contribution in [2.45, 2.75) is 6.92 Å². The number of methoxy groups -OCH3 is 1. The van der Waals surface area contributed by atoms with Gasteiger partial charge in [-0.15, -0.1) is 0 Å². The highest BCUT2D eigenvalue weighted by Crippen LogP contribution is 2.40. The molecular weight excluding hydrogens is 532 g/mol. The number of rotatable bonds is 9. The minimum atomic E-state index is -0.337. The molecule has 0 saturated carbocycles. The first-order valence-corrected chi connectivity index (χ1v) is 12.9. The van der Waals surface area contributed by atoms with Gasteiger partial charge in [0.2, 0.25) is 0 Å². The highest BCUT2D eigenvalue weighted by molar-refractivity contribution is 8.27. The highest BCUT2D eigenvalue weighted by Gasteiger charge is 2.33. The molecule has 3 aromatic rings. The summed E-state index contributed by atoms with van der Waals surface area (Å²) in [6.45, 7) is 1.92. The normalized spacial score (nSPS) is 14.1. The van der Waals surface area contributed by atoms with Crippen LogP contribution < -0.4 is 24.4 Å². The Morgan fingerprint density at radius 3 is 2.51 bits per heavy atom. The van der Waals surface area contributed by atoms with Crippen LogP contribution in [0.5, 0.6) is 17.2 Å². The van der Waals surface area contributed by atoms with Crippen molar-refractivity contribution in [2.75, 3.05) is 30.5 Å². The molecule has 190 valence electrons. The van der Waals surface area contributed by atoms with Gasteiger partial charge in [0.1, 0.15) is 5.75 Å². The Morgan fingerprint density at radius 2 is 1.84 bits per heavy atom. The van der Waals surface area contributed by atoms with Crippen LogP contribution >= 0.6 is 35.6 Å². The highest BCUT2D eigenvalue weighted by atomic mass is 35.5. The molecule has 1 aliphatic heterocycles. The quantitative estimate of drug-likeness (QED) is 0.250. The fraction of sp³-hybridized carbons (Fsp3) is 0.148. The lowest BCUT2D eigenvalue weighted by atomic mass is 10.1. The smallest absolute Gasteiger partial charge is 0.270 e. The third kappa shape index (κ3) is 6.43. The summed E-state index contributed by atoms with van der Waals surface area (Å²) in [7, 11) is 1.58. The van der Waals surface area contributed by atoms with Crippen LogP contribution in [0.4, 0.5) is 11.4 Å². The number of hydrogen-bond acceptors (Lipinski definition) is 7. The van der Waals surface area contributed by atoms with Crippen LogP contribution in [-0.2, 0) is 9.59 Å². The summed E-state index contributed by atoms with van der Waals surface area (Å²) < 4.78 is 17.0. The molecule has 2 amide bonds. The van der Waals surface area contributed by atoms with E-state index in [9.17, 15) is 9.59 Å². The van der Waals surface area contributed by atoms with Gasteiger partial charge in [0, 0.05) is 5.69 Å². The molecule has 0 radical (unpaired) electrons. The molecule has 1 fully saturated rings. The van der Waals surface area contributed by atoms with Crippen molar-refractivity contribution in [3.8, 4) is 17.2 Å². The zero-order valence-electron chi connectivity index (χ0n) is 20.0. The average Bonchev–Trinajstić information content (AvgIpc) is 3.16. The second-order valence-electron chi connectivity index (χ2n) is 7.68. The molecule has 0 atom stereocenters. The summed E-state index contributed by atoms with van der Waals surface area (Å²) in [5.41, 5.74) is 1.94. The van der Waals surface area contributed by atoms with Gasteiger partial charge >= 0.3 is 0 Å². The van der Waals surface area contributed by atoms with E-state index in [-0.39, 0.29) is 29.2 Å². The molecule has 4 rings (SSSR count). The van der Waals surface area contributed by atoms with Gasteiger partial charge in [0.25, 0.3) is 11.8 Å². The van der Waals surface area contributed by atoms with E-state index >= 15 is 0 Å². The fourth-order valence-corrected chi connectivity index (χ4v) is 5.08. The molecule has 37 heavy (non-hydrogen) atoms. The number of para-hydroxylation sites is 1. The summed E-state index contributed by atoms with van der Waals surface area (Å²) in [5.74, 6) is 0.708. The van der Waals surface area contributed by atoms with Crippen LogP contribution in [0.1, 0.15) is 12.5 Å². The number of benzene rings is 3. The summed E-state index contributed by atoms with van der Waals surface area (Å²) in [5, 5.41) is 3.00. The van der Waals surface area contributed by atoms with E-state index in [1.807, 2.05) is 25.1 Å². The van der Waals surface area contributed by atoms with E-state index in [1.165, 1.54) is 16.7 Å². The number of carbonyl (C=O) groups is 2. The Bertz CT molecular complexity index is 1350. The first-order chi connectivity index (χ1) is 17.9. The van der Waals surface area contributed by atoms with Gasteiger partial charge in [0.05, 0.1) is 29.3 Å². The lowest BCUT2D eigenvalue weighted by Crippen LogP contribution is -2.27. The molecule has 0 spiro atoms. The third-order valence-electron chi connectivity index (χ3n) is 5.16. The Hall–Kier alpha value is -3.53. The number of amides is 2. The molecular formula is C27H23ClN2O5S2. The minimum Gasteiger partial charge on any atom is -0.497 e. The number of thiocarbonyl (C=S) groups is 1. The third-order valence-corrected chi connectivity index (χ3v) is 6.74. The molecule has 0 aliphatic carbocycles. The molecule has 0 unspecified atom stereocenters. The van der Waals surface area contributed by atoms with Crippen LogP contribution in [0.2, 0.25) is 5.02 Å². The SMILES string of the molecule is CCOc1cc(/C=C2\SC(=S)N(c3ccc(OC)cc3)C2=O)cc(Cl)c1OCC(=O)Nc1ccccc1. The van der Waals surface area contributed by atoms with E-state index in [2.05, 4.69) is 5.32 Å². The Kier molecular flexibility index (Phi) is 8.70. The predicted molar refractivity (Wildman–Crippen MR) is 152 cm³/mol. The Morgan fingerprint density at radius 1 is 1.11 bits per heavy atom. The van der Waals surface area contributed by atoms with Crippen molar-refractivity contribution in [3.63, 3.8) is 0 Å². The molecule has 1 heterocycles. The zero-order valence-corrected chi connectivity index (χ0v) is 22.4. The van der Waals surface area contributed by atoms with Crippen molar-refractivity contribution in [2.24, 2.45) is 0 Å². The first-order valence-electron chi connectivity index (χ1n) is 11.3. The van der Waals surface area contributed by atoms with Gasteiger partial charge < -0.3 is 19.5 Å². The van der Waals surface area contributed by atoms with E-state index in [1.54, 1.807) is 61.7 Å². The van der Waals surface area contributed by atoms with Crippen molar-refractivity contribution in [1.29, 1.82) is 0 Å². The van der Waals surface area contributed by atoms with E-state index in [4.69, 9.17) is 38.0 Å². The lowest BCUT2D eigenvalue weighted by molar-refractivity contribution is -0.118. The second kappa shape index (κ2) is 12.1. The van der Waals surface area contributed by atoms with E-state index in [0.29, 0.717) is 44.3 Å². The molecule has 7 nitrogen and oxygen atoms in total. The second-order valence-corrected chi connectivity index (χ2v) is 9.76. The number of nitrogens with one attached hydrogen (secondary N) is 1. The van der Waals surface area contributed by atoms with Crippen LogP contribution in [0.15, 0.2) is 71.6 Å². The van der Waals surface area contributed by atoms with Gasteiger partial charge in [-0.3, -0.25) is 14.5 Å². The maximum atomic E-state index is 13.1. The first kappa shape index (κ1) is 26.5. The molecule has 3 aromatic carbocycles. The molecule has 0 bridgehead atoms. The molecule has 10 heteroatoms. The fourth-order valence-electron chi connectivity index (χ4n) is 3.50. The monoisotopic (exact) mass is 554 g/mol. The molecule has 1 saturated heterocycles. The minimum absolute atomic E-state index is 0.243. The average molecular weight is 555 g/mol. The summed E-state index contributed by atoms with van der Waals surface area (Å²) in [6, 6.07) is 19.5. The van der Waals surface area contributed by atoms with Crippen molar-refractivity contribution in [1.82, 2.24) is 0 Å². The molecule has 1 aliphatic rings. The topological polar surface area (TPSA) is 77.1 Å². The van der Waals surface area contributed by atoms with Crippen LogP contribution in [0.3, 0.4) is 0 Å². The van der Waals surface area contributed by atoms with Crippen molar-refractivity contribution < 1.29 is 23.8 Å². The largest absolute Gasteiger partial charge is 0.497 e. The van der Waals surface area contributed by atoms with Gasteiger partial charge in [-0.2, -0.15) is 0 Å². The number of halogens is 1. The van der Waals surface area contributed by atoms with E-state index < -0.39 is 0 Å². The predicted octanol–water partition coefficient (Wildman–Crippen LogP) is 6.17. The zero-order chi connectivity index (χ0) is 26.4. The summed E-state index contributed by atoms with van der Waals surface area (Å²) >= 11 is 13.2. The van der Waals surface area contributed by atoms with Crippen LogP contribution in [-0.4, -0.2) is 36.5 Å². The molecule has 0 aromatic heterocycles. The molecule has 1 N–H and O–H groups in total. The maximum Gasteiger partial charge on any atom is 0.270 e. The van der Waals surface area contributed by atoms with Gasteiger partial charge in [0.15, 0.2) is 22.4 Å². The Balaban J connectivity index is 1.52. The summed E-state index contributed by atoms with van der Waals surface area (Å²) in [4.78, 5) is 27.4. The number of anilines is 2. The number of hydrogen-bond donors (Lipinski definition) is 1.